The molecule has 0 bridgehead atoms. The fraction of sp³-hybridized carbons (Fsp3) is 0.600. The molecule has 0 amide bonds. The van der Waals surface area contributed by atoms with Crippen LogP contribution in [0.4, 0.5) is 0 Å². The van der Waals surface area contributed by atoms with Crippen LogP contribution in [0.1, 0.15) is 36.6 Å². The highest BCUT2D eigenvalue weighted by Crippen LogP contribution is 2.28. The Balaban J connectivity index is 1.87. The predicted octanol–water partition coefficient (Wildman–Crippen LogP) is 2.68. The van der Waals surface area contributed by atoms with Gasteiger partial charge < -0.3 is 5.73 Å². The maximum Gasteiger partial charge on any atom is 0.0555 e. The highest BCUT2D eigenvalue weighted by atomic mass is 32.1. The van der Waals surface area contributed by atoms with Crippen LogP contribution in [0.3, 0.4) is 0 Å². The van der Waals surface area contributed by atoms with Crippen molar-refractivity contribution in [1.82, 2.24) is 4.90 Å². The minimum absolute atomic E-state index is 0.438. The lowest BCUT2D eigenvalue weighted by Gasteiger charge is -2.31. The van der Waals surface area contributed by atoms with Gasteiger partial charge in [0, 0.05) is 28.9 Å². The molecule has 0 aromatic carbocycles. The molecule has 1 fully saturated rings. The normalized spacial score (nSPS) is 15.3. The second-order valence-electron chi connectivity index (χ2n) is 4.93. The summed E-state index contributed by atoms with van der Waals surface area (Å²) in [5.74, 6) is 6.95. The molecule has 0 radical (unpaired) electrons. The van der Waals surface area contributed by atoms with Crippen molar-refractivity contribution in [3.8, 4) is 11.8 Å². The largest absolute Gasteiger partial charge is 0.320 e. The van der Waals surface area contributed by atoms with Gasteiger partial charge in [-0.3, -0.25) is 4.90 Å². The van der Waals surface area contributed by atoms with E-state index in [0.717, 1.165) is 24.6 Å². The zero-order chi connectivity index (χ0) is 12.8. The highest BCUT2D eigenvalue weighted by molar-refractivity contribution is 7.10. The maximum absolute atomic E-state index is 5.38. The van der Waals surface area contributed by atoms with Crippen molar-refractivity contribution in [2.45, 2.75) is 32.7 Å². The lowest BCUT2D eigenvalue weighted by atomic mass is 9.85. The van der Waals surface area contributed by atoms with E-state index in [0.29, 0.717) is 6.54 Å². The van der Waals surface area contributed by atoms with E-state index in [2.05, 4.69) is 35.1 Å². The summed E-state index contributed by atoms with van der Waals surface area (Å²) in [5.41, 5.74) is 6.49. The molecule has 1 heterocycles. The monoisotopic (exact) mass is 262 g/mol. The Morgan fingerprint density at radius 1 is 1.50 bits per heavy atom. The first kappa shape index (κ1) is 13.6. The maximum atomic E-state index is 5.38. The summed E-state index contributed by atoms with van der Waals surface area (Å²) in [7, 11) is 0. The summed E-state index contributed by atoms with van der Waals surface area (Å²) in [4.78, 5) is 3.97. The molecule has 1 aliphatic rings. The van der Waals surface area contributed by atoms with Gasteiger partial charge in [0.25, 0.3) is 0 Å². The molecule has 0 atom stereocenters. The summed E-state index contributed by atoms with van der Waals surface area (Å²) >= 11 is 1.81. The lowest BCUT2D eigenvalue weighted by Crippen LogP contribution is -2.31. The first-order chi connectivity index (χ1) is 8.81. The topological polar surface area (TPSA) is 29.3 Å². The van der Waals surface area contributed by atoms with Crippen LogP contribution in [0, 0.1) is 17.8 Å². The molecule has 0 saturated heterocycles. The van der Waals surface area contributed by atoms with Crippen LogP contribution < -0.4 is 5.73 Å². The third kappa shape index (κ3) is 3.84. The minimum Gasteiger partial charge on any atom is -0.320 e. The number of hydrogen-bond donors (Lipinski definition) is 1. The minimum atomic E-state index is 0.438. The predicted molar refractivity (Wildman–Crippen MR) is 78.5 cm³/mol. The van der Waals surface area contributed by atoms with Gasteiger partial charge in [-0.2, -0.15) is 0 Å². The zero-order valence-corrected chi connectivity index (χ0v) is 11.9. The zero-order valence-electron chi connectivity index (χ0n) is 11.1. The Morgan fingerprint density at radius 2 is 2.33 bits per heavy atom. The molecule has 18 heavy (non-hydrogen) atoms. The number of thiophene rings is 1. The second kappa shape index (κ2) is 6.94. The van der Waals surface area contributed by atoms with Gasteiger partial charge in [-0.1, -0.05) is 25.2 Å². The number of nitrogens with two attached hydrogens (primary N) is 1. The van der Waals surface area contributed by atoms with E-state index in [-0.39, 0.29) is 0 Å². The third-order valence-corrected chi connectivity index (χ3v) is 4.48. The number of hydrogen-bond acceptors (Lipinski definition) is 3. The van der Waals surface area contributed by atoms with Crippen LogP contribution in [0.5, 0.6) is 0 Å². The van der Waals surface area contributed by atoms with Crippen LogP contribution in [0.15, 0.2) is 11.4 Å². The van der Waals surface area contributed by atoms with Crippen molar-refractivity contribution >= 4 is 11.3 Å². The van der Waals surface area contributed by atoms with Gasteiger partial charge in [-0.15, -0.1) is 11.3 Å². The molecule has 1 aromatic heterocycles. The fourth-order valence-corrected chi connectivity index (χ4v) is 3.11. The summed E-state index contributed by atoms with van der Waals surface area (Å²) in [6, 6.07) is 2.21. The van der Waals surface area contributed by atoms with Crippen LogP contribution in [0.25, 0.3) is 0 Å². The van der Waals surface area contributed by atoms with Crippen molar-refractivity contribution in [3.05, 3.63) is 21.9 Å². The number of rotatable bonds is 5. The molecular formula is C15H22N2S. The van der Waals surface area contributed by atoms with Gasteiger partial charge in [-0.05, 0) is 31.4 Å². The Labute approximate surface area is 114 Å². The third-order valence-electron chi connectivity index (χ3n) is 3.56. The van der Waals surface area contributed by atoms with E-state index in [1.807, 2.05) is 11.3 Å². The van der Waals surface area contributed by atoms with E-state index in [1.165, 1.54) is 30.7 Å². The van der Waals surface area contributed by atoms with Gasteiger partial charge in [0.2, 0.25) is 0 Å². The molecule has 1 aromatic rings. The summed E-state index contributed by atoms with van der Waals surface area (Å²) < 4.78 is 0. The van der Waals surface area contributed by atoms with Gasteiger partial charge in [-0.25, -0.2) is 0 Å². The second-order valence-corrected chi connectivity index (χ2v) is 5.93. The average Bonchev–Trinajstić information content (AvgIpc) is 2.77. The molecule has 1 aliphatic carbocycles. The highest BCUT2D eigenvalue weighted by Gasteiger charge is 2.20. The Bertz CT molecular complexity index is 423. The van der Waals surface area contributed by atoms with Crippen LogP contribution in [0.2, 0.25) is 0 Å². The van der Waals surface area contributed by atoms with Gasteiger partial charge in [0.15, 0.2) is 0 Å². The molecule has 2 rings (SSSR count). The van der Waals surface area contributed by atoms with Crippen molar-refractivity contribution in [2.24, 2.45) is 11.7 Å². The van der Waals surface area contributed by atoms with E-state index in [1.54, 1.807) is 0 Å². The molecule has 0 aliphatic heterocycles. The summed E-state index contributed by atoms with van der Waals surface area (Å²) in [6.07, 6.45) is 4.28. The Hall–Kier alpha value is -0.820. The first-order valence-corrected chi connectivity index (χ1v) is 7.68. The Morgan fingerprint density at radius 3 is 2.94 bits per heavy atom. The van der Waals surface area contributed by atoms with Crippen LogP contribution in [-0.4, -0.2) is 24.5 Å². The molecule has 0 spiro atoms. The number of nitrogens with zero attached hydrogens (tertiary/aromatic N) is 1. The van der Waals surface area contributed by atoms with Crippen molar-refractivity contribution in [3.63, 3.8) is 0 Å². The first-order valence-electron chi connectivity index (χ1n) is 6.80. The van der Waals surface area contributed by atoms with Crippen molar-refractivity contribution < 1.29 is 0 Å². The van der Waals surface area contributed by atoms with E-state index in [9.17, 15) is 0 Å². The van der Waals surface area contributed by atoms with Crippen LogP contribution in [-0.2, 0) is 6.54 Å². The van der Waals surface area contributed by atoms with E-state index < -0.39 is 0 Å². The molecule has 98 valence electrons. The SMILES string of the molecule is CCN(Cc1cc(C#CCN)cs1)CC1CCC1. The Kier molecular flexibility index (Phi) is 5.25. The molecule has 0 unspecified atom stereocenters. The van der Waals surface area contributed by atoms with E-state index >= 15 is 0 Å². The standard InChI is InChI=1S/C15H22N2S/c1-2-17(10-13-5-3-6-13)11-15-9-14(12-18-15)7-4-8-16/h9,12-13H,2-3,5-6,8,10-11,16H2,1H3. The van der Waals surface area contributed by atoms with Gasteiger partial charge >= 0.3 is 0 Å². The van der Waals surface area contributed by atoms with Crippen molar-refractivity contribution in [2.75, 3.05) is 19.6 Å². The molecule has 2 N–H and O–H groups in total. The molecule has 1 saturated carbocycles. The van der Waals surface area contributed by atoms with E-state index in [4.69, 9.17) is 5.73 Å². The van der Waals surface area contributed by atoms with Crippen LogP contribution >= 0.6 is 11.3 Å². The fourth-order valence-electron chi connectivity index (χ4n) is 2.25. The van der Waals surface area contributed by atoms with Gasteiger partial charge in [0.05, 0.1) is 6.54 Å². The summed E-state index contributed by atoms with van der Waals surface area (Å²) in [5, 5.41) is 2.13. The lowest BCUT2D eigenvalue weighted by molar-refractivity contribution is 0.179. The molecule has 2 nitrogen and oxygen atoms in total. The smallest absolute Gasteiger partial charge is 0.0555 e. The van der Waals surface area contributed by atoms with Crippen molar-refractivity contribution in [1.29, 1.82) is 0 Å². The molecular weight excluding hydrogens is 240 g/mol. The van der Waals surface area contributed by atoms with Gasteiger partial charge in [0.1, 0.15) is 0 Å². The summed E-state index contributed by atoms with van der Waals surface area (Å²) in [6.45, 7) is 6.16. The average molecular weight is 262 g/mol. The quantitative estimate of drug-likeness (QED) is 0.827. The molecule has 3 heteroatoms.